The Kier molecular flexibility index (Phi) is 3.89. The van der Waals surface area contributed by atoms with Gasteiger partial charge >= 0.3 is 0 Å². The van der Waals surface area contributed by atoms with Crippen molar-refractivity contribution in [3.05, 3.63) is 57.8 Å². The first-order chi connectivity index (χ1) is 10.0. The zero-order valence-electron chi connectivity index (χ0n) is 12.3. The summed E-state index contributed by atoms with van der Waals surface area (Å²) in [6.07, 6.45) is 4.36. The van der Waals surface area contributed by atoms with Gasteiger partial charge in [-0.15, -0.1) is 0 Å². The number of hydrogen-bond donors (Lipinski definition) is 0. The third-order valence-electron chi connectivity index (χ3n) is 3.86. The molecule has 1 aliphatic carbocycles. The van der Waals surface area contributed by atoms with E-state index in [1.165, 1.54) is 18.4 Å². The molecule has 21 heavy (non-hydrogen) atoms. The first kappa shape index (κ1) is 14.4. The van der Waals surface area contributed by atoms with E-state index in [1.807, 2.05) is 19.3 Å². The fourth-order valence-electron chi connectivity index (χ4n) is 2.51. The van der Waals surface area contributed by atoms with Gasteiger partial charge in [-0.25, -0.2) is 0 Å². The molecule has 2 aromatic rings. The maximum absolute atomic E-state index is 12.7. The number of nitrogens with zero attached hydrogens (tertiary/aromatic N) is 2. The maximum atomic E-state index is 12.7. The van der Waals surface area contributed by atoms with Crippen LogP contribution in [0.5, 0.6) is 0 Å². The van der Waals surface area contributed by atoms with Gasteiger partial charge in [-0.05, 0) is 47.3 Å². The van der Waals surface area contributed by atoms with Crippen molar-refractivity contribution < 1.29 is 4.79 Å². The molecule has 0 atom stereocenters. The molecule has 0 bridgehead atoms. The normalized spacial score (nSPS) is 14.2. The highest BCUT2D eigenvalue weighted by atomic mass is 79.9. The summed E-state index contributed by atoms with van der Waals surface area (Å²) in [6, 6.07) is 10.7. The van der Waals surface area contributed by atoms with Crippen molar-refractivity contribution in [1.82, 2.24) is 9.47 Å². The van der Waals surface area contributed by atoms with Gasteiger partial charge < -0.3 is 9.47 Å². The second-order valence-electron chi connectivity index (χ2n) is 5.83. The van der Waals surface area contributed by atoms with Gasteiger partial charge in [0.05, 0.1) is 0 Å². The summed E-state index contributed by atoms with van der Waals surface area (Å²) in [7, 11) is 1.86. The molecule has 0 aliphatic heterocycles. The van der Waals surface area contributed by atoms with Crippen molar-refractivity contribution in [2.24, 2.45) is 0 Å². The first-order valence-corrected chi connectivity index (χ1v) is 8.02. The van der Waals surface area contributed by atoms with E-state index in [4.69, 9.17) is 0 Å². The fraction of sp³-hybridized carbons (Fsp3) is 0.353. The molecule has 0 N–H and O–H groups in total. The lowest BCUT2D eigenvalue weighted by atomic mass is 10.1. The number of carbonyl (C=O) groups is 1. The quantitative estimate of drug-likeness (QED) is 0.815. The van der Waals surface area contributed by atoms with Crippen LogP contribution >= 0.6 is 15.9 Å². The maximum Gasteiger partial charge on any atom is 0.270 e. The van der Waals surface area contributed by atoms with Crippen molar-refractivity contribution in [2.75, 3.05) is 7.05 Å². The smallest absolute Gasteiger partial charge is 0.270 e. The molecule has 1 aromatic carbocycles. The van der Waals surface area contributed by atoms with Gasteiger partial charge in [-0.2, -0.15) is 0 Å². The van der Waals surface area contributed by atoms with Crippen molar-refractivity contribution in [3.8, 4) is 0 Å². The summed E-state index contributed by atoms with van der Waals surface area (Å²) < 4.78 is 3.08. The van der Waals surface area contributed by atoms with Crippen molar-refractivity contribution in [2.45, 2.75) is 32.4 Å². The third kappa shape index (κ3) is 3.21. The van der Waals surface area contributed by atoms with Crippen molar-refractivity contribution in [1.29, 1.82) is 0 Å². The molecule has 110 valence electrons. The minimum atomic E-state index is 0.0770. The number of halogens is 1. The minimum absolute atomic E-state index is 0.0770. The predicted octanol–water partition coefficient (Wildman–Crippen LogP) is 4.17. The summed E-state index contributed by atoms with van der Waals surface area (Å²) in [5.74, 6) is 0.0770. The Bertz CT molecular complexity index is 656. The topological polar surface area (TPSA) is 25.2 Å². The number of aryl methyl sites for hydroxylation is 1. The van der Waals surface area contributed by atoms with Crippen LogP contribution in [0.1, 0.15) is 40.5 Å². The van der Waals surface area contributed by atoms with E-state index in [1.54, 1.807) is 4.90 Å². The SMILES string of the molecule is Cc1ccc(CN(C)C(=O)c2cc(Br)cn2C2CC2)cc1. The predicted molar refractivity (Wildman–Crippen MR) is 87.4 cm³/mol. The molecular weight excluding hydrogens is 328 g/mol. The van der Waals surface area contributed by atoms with E-state index in [2.05, 4.69) is 51.7 Å². The highest BCUT2D eigenvalue weighted by Gasteiger charge is 2.28. The summed E-state index contributed by atoms with van der Waals surface area (Å²) in [6.45, 7) is 2.70. The number of hydrogen-bond acceptors (Lipinski definition) is 1. The van der Waals surface area contributed by atoms with Crippen LogP contribution in [0.15, 0.2) is 41.0 Å². The van der Waals surface area contributed by atoms with Gasteiger partial charge in [0, 0.05) is 30.3 Å². The number of benzene rings is 1. The summed E-state index contributed by atoms with van der Waals surface area (Å²) in [5.41, 5.74) is 3.17. The number of amides is 1. The van der Waals surface area contributed by atoms with Gasteiger partial charge in [0.1, 0.15) is 5.69 Å². The van der Waals surface area contributed by atoms with Gasteiger partial charge in [-0.1, -0.05) is 29.8 Å². The molecule has 0 unspecified atom stereocenters. The van der Waals surface area contributed by atoms with Crippen LogP contribution in [0.4, 0.5) is 0 Å². The second kappa shape index (κ2) is 5.68. The third-order valence-corrected chi connectivity index (χ3v) is 4.30. The Morgan fingerprint density at radius 2 is 2.00 bits per heavy atom. The minimum Gasteiger partial charge on any atom is -0.339 e. The standard InChI is InChI=1S/C17H19BrN2O/c1-12-3-5-13(6-4-12)10-19(2)17(21)16-9-14(18)11-20(16)15-7-8-15/h3-6,9,11,15H,7-8,10H2,1-2H3. The van der Waals surface area contributed by atoms with Gasteiger partial charge in [0.15, 0.2) is 0 Å². The largest absolute Gasteiger partial charge is 0.339 e. The number of carbonyl (C=O) groups excluding carboxylic acids is 1. The van der Waals surface area contributed by atoms with E-state index in [0.29, 0.717) is 12.6 Å². The Morgan fingerprint density at radius 3 is 2.62 bits per heavy atom. The highest BCUT2D eigenvalue weighted by Crippen LogP contribution is 2.37. The Morgan fingerprint density at radius 1 is 1.33 bits per heavy atom. The van der Waals surface area contributed by atoms with Crippen LogP contribution in [0.3, 0.4) is 0 Å². The van der Waals surface area contributed by atoms with E-state index in [-0.39, 0.29) is 5.91 Å². The molecule has 3 nitrogen and oxygen atoms in total. The van der Waals surface area contributed by atoms with E-state index >= 15 is 0 Å². The molecule has 1 heterocycles. The first-order valence-electron chi connectivity index (χ1n) is 7.23. The van der Waals surface area contributed by atoms with Crippen LogP contribution < -0.4 is 0 Å². The van der Waals surface area contributed by atoms with Crippen LogP contribution in [0.25, 0.3) is 0 Å². The highest BCUT2D eigenvalue weighted by molar-refractivity contribution is 9.10. The molecule has 0 spiro atoms. The Hall–Kier alpha value is -1.55. The molecule has 4 heteroatoms. The van der Waals surface area contributed by atoms with Crippen molar-refractivity contribution >= 4 is 21.8 Å². The zero-order chi connectivity index (χ0) is 15.0. The summed E-state index contributed by atoms with van der Waals surface area (Å²) in [4.78, 5) is 14.4. The lowest BCUT2D eigenvalue weighted by Crippen LogP contribution is -2.28. The average molecular weight is 347 g/mol. The number of rotatable bonds is 4. The Labute approximate surface area is 133 Å². The van der Waals surface area contributed by atoms with Crippen LogP contribution in [0, 0.1) is 6.92 Å². The van der Waals surface area contributed by atoms with Crippen molar-refractivity contribution in [3.63, 3.8) is 0 Å². The van der Waals surface area contributed by atoms with E-state index in [0.717, 1.165) is 15.7 Å². The van der Waals surface area contributed by atoms with E-state index in [9.17, 15) is 4.79 Å². The zero-order valence-corrected chi connectivity index (χ0v) is 13.9. The lowest BCUT2D eigenvalue weighted by Gasteiger charge is -2.18. The van der Waals surface area contributed by atoms with E-state index < -0.39 is 0 Å². The molecule has 1 fully saturated rings. The molecule has 1 aliphatic rings. The average Bonchev–Trinajstić information content (AvgIpc) is 3.23. The molecule has 3 rings (SSSR count). The molecule has 0 radical (unpaired) electrons. The van der Waals surface area contributed by atoms with Crippen LogP contribution in [-0.2, 0) is 6.54 Å². The molecule has 1 aromatic heterocycles. The molecule has 1 saturated carbocycles. The lowest BCUT2D eigenvalue weighted by molar-refractivity contribution is 0.0774. The number of aromatic nitrogens is 1. The Balaban J connectivity index is 1.76. The molecule has 0 saturated heterocycles. The van der Waals surface area contributed by atoms with Gasteiger partial charge in [-0.3, -0.25) is 4.79 Å². The summed E-state index contributed by atoms with van der Waals surface area (Å²) in [5, 5.41) is 0. The van der Waals surface area contributed by atoms with Gasteiger partial charge in [0.25, 0.3) is 5.91 Å². The summed E-state index contributed by atoms with van der Waals surface area (Å²) >= 11 is 3.48. The second-order valence-corrected chi connectivity index (χ2v) is 6.74. The molecular formula is C17H19BrN2O. The fourth-order valence-corrected chi connectivity index (χ4v) is 2.94. The monoisotopic (exact) mass is 346 g/mol. The van der Waals surface area contributed by atoms with Gasteiger partial charge in [0.2, 0.25) is 0 Å². The van der Waals surface area contributed by atoms with Crippen LogP contribution in [0.2, 0.25) is 0 Å². The molecule has 1 amide bonds. The van der Waals surface area contributed by atoms with Crippen LogP contribution in [-0.4, -0.2) is 22.4 Å².